The highest BCUT2D eigenvalue weighted by molar-refractivity contribution is 7.89. The second-order valence-electron chi connectivity index (χ2n) is 5.60. The molecule has 8 nitrogen and oxygen atoms in total. The van der Waals surface area contributed by atoms with Crippen molar-refractivity contribution in [1.82, 2.24) is 9.55 Å². The molecule has 0 fully saturated rings. The second-order valence-corrected chi connectivity index (χ2v) is 8.16. The third-order valence-corrected chi connectivity index (χ3v) is 6.03. The summed E-state index contributed by atoms with van der Waals surface area (Å²) < 4.78 is 24.0. The van der Waals surface area contributed by atoms with E-state index in [1.165, 1.54) is 35.2 Å². The number of nitrogens with one attached hydrogen (secondary N) is 1. The minimum absolute atomic E-state index is 0.0436. The molecule has 3 rings (SSSR count). The number of thiophene rings is 1. The first kappa shape index (κ1) is 18.2. The van der Waals surface area contributed by atoms with E-state index in [-0.39, 0.29) is 10.5 Å². The summed E-state index contributed by atoms with van der Waals surface area (Å²) in [6.07, 6.45) is 1.47. The van der Waals surface area contributed by atoms with E-state index in [0.29, 0.717) is 32.9 Å². The zero-order valence-corrected chi connectivity index (χ0v) is 15.6. The Kier molecular flexibility index (Phi) is 4.65. The van der Waals surface area contributed by atoms with E-state index in [9.17, 15) is 18.0 Å². The van der Waals surface area contributed by atoms with E-state index in [0.717, 1.165) is 11.3 Å². The number of amides is 1. The van der Waals surface area contributed by atoms with Gasteiger partial charge in [0.25, 0.3) is 11.5 Å². The Balaban J connectivity index is 1.94. The number of fused-ring (bicyclic) bond motifs is 1. The quantitative estimate of drug-likeness (QED) is 0.699. The van der Waals surface area contributed by atoms with Crippen molar-refractivity contribution in [2.24, 2.45) is 5.14 Å². The van der Waals surface area contributed by atoms with Gasteiger partial charge in [-0.1, -0.05) is 0 Å². The van der Waals surface area contributed by atoms with Crippen LogP contribution in [0.15, 0.2) is 40.3 Å². The molecule has 0 radical (unpaired) electrons. The number of nitrogens with zero attached hydrogens (tertiary/aromatic N) is 2. The van der Waals surface area contributed by atoms with E-state index >= 15 is 0 Å². The number of hydrogen-bond acceptors (Lipinski definition) is 6. The van der Waals surface area contributed by atoms with Crippen LogP contribution in [0.5, 0.6) is 0 Å². The largest absolute Gasteiger partial charge is 0.321 e. The SMILES string of the molecule is CCn1cnc2sc(C(=O)Nc3ccc(S(N)(=O)=O)cc3)c(C)c2c1=O. The van der Waals surface area contributed by atoms with Crippen LogP contribution in [0, 0.1) is 6.92 Å². The van der Waals surface area contributed by atoms with E-state index in [1.807, 2.05) is 6.92 Å². The Bertz CT molecular complexity index is 1160. The van der Waals surface area contributed by atoms with Crippen molar-refractivity contribution in [3.05, 3.63) is 51.4 Å². The van der Waals surface area contributed by atoms with Crippen molar-refractivity contribution in [2.45, 2.75) is 25.3 Å². The number of nitrogens with two attached hydrogens (primary N) is 1. The Labute approximate surface area is 153 Å². The summed E-state index contributed by atoms with van der Waals surface area (Å²) in [4.78, 5) is 30.1. The molecule has 2 heterocycles. The minimum Gasteiger partial charge on any atom is -0.321 e. The lowest BCUT2D eigenvalue weighted by Gasteiger charge is -2.05. The van der Waals surface area contributed by atoms with E-state index < -0.39 is 15.9 Å². The van der Waals surface area contributed by atoms with Crippen LogP contribution in [0.25, 0.3) is 10.2 Å². The standard InChI is InChI=1S/C16H16N4O4S2/c1-3-20-8-18-15-12(16(20)22)9(2)13(25-15)14(21)19-10-4-6-11(7-5-10)26(17,23)24/h4-8H,3H2,1-2H3,(H,19,21)(H2,17,23,24). The molecule has 3 N–H and O–H groups in total. The van der Waals surface area contributed by atoms with Gasteiger partial charge >= 0.3 is 0 Å². The highest BCUT2D eigenvalue weighted by atomic mass is 32.2. The summed E-state index contributed by atoms with van der Waals surface area (Å²) in [5, 5.41) is 8.17. The van der Waals surface area contributed by atoms with Crippen LogP contribution in [0.1, 0.15) is 22.2 Å². The number of sulfonamides is 1. The van der Waals surface area contributed by atoms with Crippen LogP contribution in [0.2, 0.25) is 0 Å². The maximum atomic E-state index is 12.6. The van der Waals surface area contributed by atoms with Gasteiger partial charge in [-0.25, -0.2) is 18.5 Å². The summed E-state index contributed by atoms with van der Waals surface area (Å²) in [6, 6.07) is 5.51. The molecule has 0 saturated carbocycles. The second kappa shape index (κ2) is 6.63. The van der Waals surface area contributed by atoms with Gasteiger partial charge in [-0.05, 0) is 43.7 Å². The van der Waals surface area contributed by atoms with Crippen LogP contribution < -0.4 is 16.0 Å². The number of anilines is 1. The fourth-order valence-electron chi connectivity index (χ4n) is 2.52. The lowest BCUT2D eigenvalue weighted by molar-refractivity contribution is 0.103. The smallest absolute Gasteiger partial charge is 0.266 e. The molecule has 136 valence electrons. The number of aromatic nitrogens is 2. The monoisotopic (exact) mass is 392 g/mol. The third-order valence-electron chi connectivity index (χ3n) is 3.90. The summed E-state index contributed by atoms with van der Waals surface area (Å²) >= 11 is 1.14. The van der Waals surface area contributed by atoms with Crippen molar-refractivity contribution >= 4 is 43.2 Å². The normalized spacial score (nSPS) is 11.7. The number of carbonyl (C=O) groups is 1. The summed E-state index contributed by atoms with van der Waals surface area (Å²) in [5.74, 6) is -0.392. The lowest BCUT2D eigenvalue weighted by Crippen LogP contribution is -2.19. The number of carbonyl (C=O) groups excluding carboxylic acids is 1. The Morgan fingerprint density at radius 2 is 1.96 bits per heavy atom. The van der Waals surface area contributed by atoms with Crippen LogP contribution in [-0.4, -0.2) is 23.9 Å². The number of hydrogen-bond donors (Lipinski definition) is 2. The van der Waals surface area contributed by atoms with Gasteiger partial charge < -0.3 is 5.32 Å². The van der Waals surface area contributed by atoms with Gasteiger partial charge in [0.2, 0.25) is 10.0 Å². The molecule has 0 aliphatic rings. The van der Waals surface area contributed by atoms with Crippen molar-refractivity contribution in [1.29, 1.82) is 0 Å². The molecule has 0 atom stereocenters. The molecule has 0 saturated heterocycles. The predicted molar refractivity (Wildman–Crippen MR) is 100 cm³/mol. The Hall–Kier alpha value is -2.56. The minimum atomic E-state index is -3.79. The van der Waals surface area contributed by atoms with Gasteiger partial charge in [0, 0.05) is 12.2 Å². The first-order valence-electron chi connectivity index (χ1n) is 7.65. The van der Waals surface area contributed by atoms with E-state index in [1.54, 1.807) is 6.92 Å². The molecule has 0 bridgehead atoms. The van der Waals surface area contributed by atoms with Gasteiger partial charge in [0.05, 0.1) is 21.5 Å². The molecule has 1 amide bonds. The highest BCUT2D eigenvalue weighted by Gasteiger charge is 2.19. The zero-order chi connectivity index (χ0) is 19.1. The van der Waals surface area contributed by atoms with Crippen LogP contribution in [0.4, 0.5) is 5.69 Å². The van der Waals surface area contributed by atoms with Crippen molar-refractivity contribution in [2.75, 3.05) is 5.32 Å². The summed E-state index contributed by atoms with van der Waals surface area (Å²) in [6.45, 7) is 4.05. The van der Waals surface area contributed by atoms with Gasteiger partial charge in [0.1, 0.15) is 4.83 Å². The molecule has 2 aromatic heterocycles. The van der Waals surface area contributed by atoms with Gasteiger partial charge in [-0.3, -0.25) is 14.2 Å². The number of aryl methyl sites for hydroxylation is 2. The molecule has 10 heteroatoms. The van der Waals surface area contributed by atoms with Crippen molar-refractivity contribution in [3.8, 4) is 0 Å². The average Bonchev–Trinajstić information content (AvgIpc) is 2.92. The molecule has 0 aliphatic heterocycles. The third kappa shape index (κ3) is 3.26. The van der Waals surface area contributed by atoms with Gasteiger partial charge in [0.15, 0.2) is 0 Å². The number of rotatable bonds is 4. The lowest BCUT2D eigenvalue weighted by atomic mass is 10.2. The van der Waals surface area contributed by atoms with E-state index in [4.69, 9.17) is 5.14 Å². The van der Waals surface area contributed by atoms with Crippen LogP contribution >= 0.6 is 11.3 Å². The molecule has 0 aliphatic carbocycles. The van der Waals surface area contributed by atoms with E-state index in [2.05, 4.69) is 10.3 Å². The van der Waals surface area contributed by atoms with Gasteiger partial charge in [-0.2, -0.15) is 0 Å². The van der Waals surface area contributed by atoms with Crippen molar-refractivity contribution in [3.63, 3.8) is 0 Å². The Morgan fingerprint density at radius 1 is 1.31 bits per heavy atom. The first-order valence-corrected chi connectivity index (χ1v) is 10.0. The molecule has 3 aromatic rings. The topological polar surface area (TPSA) is 124 Å². The number of primary sulfonamides is 1. The first-order chi connectivity index (χ1) is 12.2. The average molecular weight is 392 g/mol. The Morgan fingerprint density at radius 3 is 2.54 bits per heavy atom. The number of benzene rings is 1. The van der Waals surface area contributed by atoms with Crippen LogP contribution in [-0.2, 0) is 16.6 Å². The molecule has 26 heavy (non-hydrogen) atoms. The van der Waals surface area contributed by atoms with Crippen molar-refractivity contribution < 1.29 is 13.2 Å². The summed E-state index contributed by atoms with van der Waals surface area (Å²) in [7, 11) is -3.79. The predicted octanol–water partition coefficient (Wildman–Crippen LogP) is 1.69. The maximum Gasteiger partial charge on any atom is 0.266 e. The molecule has 1 aromatic carbocycles. The summed E-state index contributed by atoms with van der Waals surface area (Å²) in [5.41, 5.74) is 0.810. The fraction of sp³-hybridized carbons (Fsp3) is 0.188. The van der Waals surface area contributed by atoms with Crippen LogP contribution in [0.3, 0.4) is 0 Å². The molecule has 0 spiro atoms. The molecule has 0 unspecified atom stereocenters. The zero-order valence-electron chi connectivity index (χ0n) is 14.0. The highest BCUT2D eigenvalue weighted by Crippen LogP contribution is 2.27. The maximum absolute atomic E-state index is 12.6. The van der Waals surface area contributed by atoms with Gasteiger partial charge in [-0.15, -0.1) is 11.3 Å². The molecular weight excluding hydrogens is 376 g/mol. The molecular formula is C16H16N4O4S2. The fourth-order valence-corrected chi connectivity index (χ4v) is 4.07.